The number of nitrogens with zero attached hydrogens (tertiary/aromatic N) is 2. The van der Waals surface area contributed by atoms with E-state index in [1.54, 1.807) is 0 Å². The first-order valence-electron chi connectivity index (χ1n) is 11.2. The standard InChI is InChI=1S/C26H38N2/c1-6-8-16-26(4,5)23-19-22(13-12-21(23)7-2)24-10-9-11-25(27-24)28-17-14-20(3)15-18-28/h6,8-13,19-21,23H,7,14-18H2,1-5H3/b8-6+. The Bertz CT molecular complexity index is 733. The van der Waals surface area contributed by atoms with Gasteiger partial charge in [0.2, 0.25) is 0 Å². The summed E-state index contributed by atoms with van der Waals surface area (Å²) in [7, 11) is 0. The Hall–Kier alpha value is -1.83. The molecule has 0 bridgehead atoms. The summed E-state index contributed by atoms with van der Waals surface area (Å²) in [4.78, 5) is 7.52. The fourth-order valence-electron chi connectivity index (χ4n) is 4.64. The lowest BCUT2D eigenvalue weighted by atomic mass is 9.66. The first-order valence-corrected chi connectivity index (χ1v) is 11.2. The Balaban J connectivity index is 1.86. The lowest BCUT2D eigenvalue weighted by molar-refractivity contribution is 0.207. The van der Waals surface area contributed by atoms with Gasteiger partial charge >= 0.3 is 0 Å². The van der Waals surface area contributed by atoms with Crippen LogP contribution in [0.3, 0.4) is 0 Å². The van der Waals surface area contributed by atoms with Crippen molar-refractivity contribution in [2.24, 2.45) is 23.2 Å². The molecule has 1 aliphatic carbocycles. The van der Waals surface area contributed by atoms with Gasteiger partial charge < -0.3 is 4.90 Å². The number of pyridine rings is 1. The molecule has 1 aromatic heterocycles. The average Bonchev–Trinajstić information content (AvgIpc) is 2.72. The molecule has 0 saturated carbocycles. The van der Waals surface area contributed by atoms with Gasteiger partial charge in [-0.3, -0.25) is 0 Å². The van der Waals surface area contributed by atoms with E-state index in [9.17, 15) is 0 Å². The Morgan fingerprint density at radius 3 is 2.64 bits per heavy atom. The van der Waals surface area contributed by atoms with Gasteiger partial charge in [-0.15, -0.1) is 0 Å². The Morgan fingerprint density at radius 1 is 1.21 bits per heavy atom. The zero-order valence-corrected chi connectivity index (χ0v) is 18.5. The van der Waals surface area contributed by atoms with Gasteiger partial charge in [0.15, 0.2) is 0 Å². The van der Waals surface area contributed by atoms with Crippen LogP contribution in [-0.2, 0) is 0 Å². The largest absolute Gasteiger partial charge is 0.357 e. The van der Waals surface area contributed by atoms with Crippen molar-refractivity contribution in [3.05, 3.63) is 54.3 Å². The Morgan fingerprint density at radius 2 is 1.96 bits per heavy atom. The van der Waals surface area contributed by atoms with Gasteiger partial charge in [0, 0.05) is 13.1 Å². The summed E-state index contributed by atoms with van der Waals surface area (Å²) in [5, 5.41) is 0. The van der Waals surface area contributed by atoms with Gasteiger partial charge in [0.05, 0.1) is 5.69 Å². The molecule has 1 aromatic rings. The Labute approximate surface area is 172 Å². The predicted molar refractivity (Wildman–Crippen MR) is 122 cm³/mol. The minimum atomic E-state index is 0.240. The molecule has 1 aliphatic heterocycles. The molecule has 0 radical (unpaired) electrons. The predicted octanol–water partition coefficient (Wildman–Crippen LogP) is 6.91. The van der Waals surface area contributed by atoms with E-state index in [1.807, 2.05) is 0 Å². The van der Waals surface area contributed by atoms with Crippen molar-refractivity contribution >= 4 is 11.4 Å². The fraction of sp³-hybridized carbons (Fsp3) is 0.577. The van der Waals surface area contributed by atoms with Crippen LogP contribution in [0.4, 0.5) is 5.82 Å². The second-order valence-corrected chi connectivity index (χ2v) is 9.39. The maximum absolute atomic E-state index is 5.07. The lowest BCUT2D eigenvalue weighted by Crippen LogP contribution is -2.33. The fourth-order valence-corrected chi connectivity index (χ4v) is 4.64. The van der Waals surface area contributed by atoms with Crippen molar-refractivity contribution in [3.63, 3.8) is 0 Å². The molecule has 0 spiro atoms. The molecule has 152 valence electrons. The van der Waals surface area contributed by atoms with Crippen molar-refractivity contribution < 1.29 is 0 Å². The highest BCUT2D eigenvalue weighted by Crippen LogP contribution is 2.43. The van der Waals surface area contributed by atoms with E-state index in [4.69, 9.17) is 4.98 Å². The summed E-state index contributed by atoms with van der Waals surface area (Å²) >= 11 is 0. The molecule has 0 amide bonds. The quantitative estimate of drug-likeness (QED) is 0.500. The molecule has 28 heavy (non-hydrogen) atoms. The van der Waals surface area contributed by atoms with Gasteiger partial charge in [-0.1, -0.05) is 64.1 Å². The molecular weight excluding hydrogens is 340 g/mol. The first-order chi connectivity index (χ1) is 13.4. The summed E-state index contributed by atoms with van der Waals surface area (Å²) < 4.78 is 0. The second kappa shape index (κ2) is 9.11. The number of piperidine rings is 1. The second-order valence-electron chi connectivity index (χ2n) is 9.39. The zero-order chi connectivity index (χ0) is 20.1. The monoisotopic (exact) mass is 378 g/mol. The number of allylic oxidation sites excluding steroid dienone is 6. The van der Waals surface area contributed by atoms with Crippen LogP contribution in [0.2, 0.25) is 0 Å². The van der Waals surface area contributed by atoms with Crippen LogP contribution in [0.1, 0.15) is 66.0 Å². The highest BCUT2D eigenvalue weighted by atomic mass is 15.2. The van der Waals surface area contributed by atoms with Crippen molar-refractivity contribution in [1.82, 2.24) is 4.98 Å². The molecular formula is C26H38N2. The van der Waals surface area contributed by atoms with Crippen molar-refractivity contribution in [2.45, 2.75) is 60.3 Å². The van der Waals surface area contributed by atoms with E-state index < -0.39 is 0 Å². The van der Waals surface area contributed by atoms with Gasteiger partial charge in [0.25, 0.3) is 0 Å². The molecule has 0 aromatic carbocycles. The van der Waals surface area contributed by atoms with Crippen LogP contribution in [-0.4, -0.2) is 18.1 Å². The van der Waals surface area contributed by atoms with Crippen molar-refractivity contribution in [3.8, 4) is 0 Å². The van der Waals surface area contributed by atoms with Crippen LogP contribution < -0.4 is 4.90 Å². The zero-order valence-electron chi connectivity index (χ0n) is 18.5. The first kappa shape index (κ1) is 20.9. The molecule has 1 fully saturated rings. The summed E-state index contributed by atoms with van der Waals surface area (Å²) in [6, 6.07) is 6.53. The number of aromatic nitrogens is 1. The highest BCUT2D eigenvalue weighted by molar-refractivity contribution is 5.74. The number of hydrogen-bond acceptors (Lipinski definition) is 2. The molecule has 2 heterocycles. The van der Waals surface area contributed by atoms with Gasteiger partial charge in [-0.25, -0.2) is 4.98 Å². The third kappa shape index (κ3) is 4.77. The molecule has 2 nitrogen and oxygen atoms in total. The number of anilines is 1. The van der Waals surface area contributed by atoms with E-state index in [1.165, 1.54) is 24.8 Å². The molecule has 0 N–H and O–H groups in total. The topological polar surface area (TPSA) is 16.1 Å². The third-order valence-electron chi connectivity index (χ3n) is 6.73. The van der Waals surface area contributed by atoms with Crippen molar-refractivity contribution in [1.29, 1.82) is 0 Å². The van der Waals surface area contributed by atoms with Crippen molar-refractivity contribution in [2.75, 3.05) is 18.0 Å². The van der Waals surface area contributed by atoms with Gasteiger partial charge in [-0.05, 0) is 73.5 Å². The van der Waals surface area contributed by atoms with E-state index in [-0.39, 0.29) is 5.41 Å². The SMILES string of the molecule is C/C=C/CC(C)(C)C1C=C(c2cccc(N3CCC(C)CC3)n2)C=CC1CC. The van der Waals surface area contributed by atoms with E-state index in [0.29, 0.717) is 11.8 Å². The van der Waals surface area contributed by atoms with Crippen LogP contribution in [0.15, 0.2) is 48.6 Å². The molecule has 2 heteroatoms. The van der Waals surface area contributed by atoms with E-state index >= 15 is 0 Å². The van der Waals surface area contributed by atoms with E-state index in [2.05, 4.69) is 88.1 Å². The molecule has 3 rings (SSSR count). The summed E-state index contributed by atoms with van der Waals surface area (Å²) in [5.74, 6) is 3.13. The smallest absolute Gasteiger partial charge is 0.129 e. The van der Waals surface area contributed by atoms with Crippen LogP contribution in [0.5, 0.6) is 0 Å². The van der Waals surface area contributed by atoms with Crippen LogP contribution >= 0.6 is 0 Å². The summed E-state index contributed by atoms with van der Waals surface area (Å²) in [6.45, 7) is 13.9. The Kier molecular flexibility index (Phi) is 6.80. The minimum absolute atomic E-state index is 0.240. The number of hydrogen-bond donors (Lipinski definition) is 0. The van der Waals surface area contributed by atoms with Gasteiger partial charge in [0.1, 0.15) is 5.82 Å². The maximum Gasteiger partial charge on any atom is 0.129 e. The maximum atomic E-state index is 5.07. The van der Waals surface area contributed by atoms with Crippen LogP contribution in [0.25, 0.3) is 5.57 Å². The molecule has 2 atom stereocenters. The normalized spacial score (nSPS) is 24.0. The van der Waals surface area contributed by atoms with E-state index in [0.717, 1.165) is 36.9 Å². The summed E-state index contributed by atoms with van der Waals surface area (Å²) in [5.41, 5.74) is 2.65. The summed E-state index contributed by atoms with van der Waals surface area (Å²) in [6.07, 6.45) is 16.6. The molecule has 1 saturated heterocycles. The van der Waals surface area contributed by atoms with Gasteiger partial charge in [-0.2, -0.15) is 0 Å². The lowest BCUT2D eigenvalue weighted by Gasteiger charge is -2.38. The molecule has 2 unspecified atom stereocenters. The minimum Gasteiger partial charge on any atom is -0.357 e. The molecule has 2 aliphatic rings. The highest BCUT2D eigenvalue weighted by Gasteiger charge is 2.33. The third-order valence-corrected chi connectivity index (χ3v) is 6.73. The van der Waals surface area contributed by atoms with Crippen LogP contribution in [0, 0.1) is 23.2 Å². The average molecular weight is 379 g/mol. The number of rotatable bonds is 6.